The minimum atomic E-state index is -0.233. The fraction of sp³-hybridized carbons (Fsp3) is 0.500. The van der Waals surface area contributed by atoms with E-state index in [1.807, 2.05) is 6.92 Å². The van der Waals surface area contributed by atoms with Gasteiger partial charge in [-0.25, -0.2) is 4.98 Å². The van der Waals surface area contributed by atoms with Gasteiger partial charge in [-0.15, -0.1) is 0 Å². The number of hydrogen-bond acceptors (Lipinski definition) is 3. The molecular formula is C12H14Cl2N2O2. The predicted octanol–water partition coefficient (Wildman–Crippen LogP) is 2.54. The Morgan fingerprint density at radius 3 is 3.06 bits per heavy atom. The van der Waals surface area contributed by atoms with Crippen LogP contribution in [0.2, 0.25) is 10.2 Å². The van der Waals surface area contributed by atoms with E-state index in [2.05, 4.69) is 10.3 Å². The Bertz CT molecular complexity index is 448. The number of nitrogens with zero attached hydrogens (tertiary/aromatic N) is 1. The molecule has 0 aliphatic carbocycles. The number of nitrogens with one attached hydrogen (secondary N) is 1. The second kappa shape index (κ2) is 5.87. The number of amides is 1. The van der Waals surface area contributed by atoms with Gasteiger partial charge in [0.05, 0.1) is 17.2 Å². The van der Waals surface area contributed by atoms with Crippen LogP contribution in [0.5, 0.6) is 0 Å². The molecule has 0 bridgehead atoms. The normalized spacial score (nSPS) is 20.7. The van der Waals surface area contributed by atoms with E-state index in [9.17, 15) is 4.79 Å². The minimum Gasteiger partial charge on any atom is -0.381 e. The lowest BCUT2D eigenvalue weighted by atomic mass is 10.0. The lowest BCUT2D eigenvalue weighted by Crippen LogP contribution is -2.38. The lowest BCUT2D eigenvalue weighted by molar-refractivity contribution is 0.0922. The van der Waals surface area contributed by atoms with Crippen molar-refractivity contribution in [1.82, 2.24) is 10.3 Å². The van der Waals surface area contributed by atoms with Crippen molar-refractivity contribution >= 4 is 29.1 Å². The molecule has 0 aromatic carbocycles. The van der Waals surface area contributed by atoms with Crippen LogP contribution in [0.15, 0.2) is 12.3 Å². The number of aromatic nitrogens is 1. The predicted molar refractivity (Wildman–Crippen MR) is 70.1 cm³/mol. The summed E-state index contributed by atoms with van der Waals surface area (Å²) in [5, 5.41) is 3.47. The van der Waals surface area contributed by atoms with Crippen LogP contribution in [0.3, 0.4) is 0 Å². The van der Waals surface area contributed by atoms with Crippen molar-refractivity contribution in [3.8, 4) is 0 Å². The van der Waals surface area contributed by atoms with E-state index in [0.29, 0.717) is 23.1 Å². The third-order valence-electron chi connectivity index (χ3n) is 3.10. The standard InChI is InChI=1S/C12H14Cl2N2O2/c1-7(8-2-3-18-6-8)16-12(17)9-4-11(14)15-5-10(9)13/h4-5,7-8H,2-3,6H2,1H3,(H,16,17). The molecule has 1 aliphatic heterocycles. The lowest BCUT2D eigenvalue weighted by Gasteiger charge is -2.19. The van der Waals surface area contributed by atoms with Crippen LogP contribution in [-0.4, -0.2) is 30.1 Å². The van der Waals surface area contributed by atoms with Crippen molar-refractivity contribution in [2.75, 3.05) is 13.2 Å². The molecule has 18 heavy (non-hydrogen) atoms. The molecule has 1 amide bonds. The molecule has 4 nitrogen and oxygen atoms in total. The van der Waals surface area contributed by atoms with Gasteiger partial charge >= 0.3 is 0 Å². The number of carbonyl (C=O) groups excluding carboxylic acids is 1. The zero-order valence-electron chi connectivity index (χ0n) is 9.95. The van der Waals surface area contributed by atoms with Crippen molar-refractivity contribution in [3.63, 3.8) is 0 Å². The molecule has 2 unspecified atom stereocenters. The van der Waals surface area contributed by atoms with Gasteiger partial charge in [0.25, 0.3) is 5.91 Å². The van der Waals surface area contributed by atoms with Gasteiger partial charge in [-0.3, -0.25) is 4.79 Å². The first-order valence-corrected chi connectivity index (χ1v) is 6.53. The molecule has 6 heteroatoms. The molecule has 1 saturated heterocycles. The SMILES string of the molecule is CC(NC(=O)c1cc(Cl)ncc1Cl)C1CCOC1. The maximum atomic E-state index is 12.1. The van der Waals surface area contributed by atoms with E-state index in [-0.39, 0.29) is 17.1 Å². The quantitative estimate of drug-likeness (QED) is 0.870. The van der Waals surface area contributed by atoms with Crippen LogP contribution in [0, 0.1) is 5.92 Å². The molecule has 2 heterocycles. The van der Waals surface area contributed by atoms with E-state index < -0.39 is 0 Å². The van der Waals surface area contributed by atoms with E-state index in [1.165, 1.54) is 12.3 Å². The van der Waals surface area contributed by atoms with E-state index >= 15 is 0 Å². The van der Waals surface area contributed by atoms with Crippen LogP contribution >= 0.6 is 23.2 Å². The molecule has 1 fully saturated rings. The van der Waals surface area contributed by atoms with Gasteiger partial charge in [0, 0.05) is 24.8 Å². The highest BCUT2D eigenvalue weighted by Gasteiger charge is 2.24. The zero-order valence-corrected chi connectivity index (χ0v) is 11.5. The summed E-state index contributed by atoms with van der Waals surface area (Å²) in [4.78, 5) is 15.9. The smallest absolute Gasteiger partial charge is 0.253 e. The molecule has 0 spiro atoms. The third kappa shape index (κ3) is 3.13. The summed E-state index contributed by atoms with van der Waals surface area (Å²) in [5.74, 6) is 0.119. The summed E-state index contributed by atoms with van der Waals surface area (Å²) in [5.41, 5.74) is 0.349. The topological polar surface area (TPSA) is 51.2 Å². The molecular weight excluding hydrogens is 275 g/mol. The van der Waals surface area contributed by atoms with E-state index in [0.717, 1.165) is 13.0 Å². The van der Waals surface area contributed by atoms with Gasteiger partial charge in [0.2, 0.25) is 0 Å². The Balaban J connectivity index is 2.04. The minimum absolute atomic E-state index is 0.0445. The second-order valence-corrected chi connectivity index (χ2v) is 5.17. The Hall–Kier alpha value is -0.840. The van der Waals surface area contributed by atoms with Crippen molar-refractivity contribution in [3.05, 3.63) is 28.0 Å². The molecule has 1 aromatic rings. The summed E-state index contributed by atoms with van der Waals surface area (Å²) in [7, 11) is 0. The Morgan fingerprint density at radius 2 is 2.39 bits per heavy atom. The van der Waals surface area contributed by atoms with Crippen LogP contribution in [0.25, 0.3) is 0 Å². The maximum Gasteiger partial charge on any atom is 0.253 e. The summed E-state index contributed by atoms with van der Waals surface area (Å²) < 4.78 is 5.30. The van der Waals surface area contributed by atoms with Crippen molar-refractivity contribution in [1.29, 1.82) is 0 Å². The molecule has 2 rings (SSSR count). The van der Waals surface area contributed by atoms with Crippen molar-refractivity contribution in [2.45, 2.75) is 19.4 Å². The molecule has 1 aromatic heterocycles. The molecule has 0 saturated carbocycles. The first-order chi connectivity index (χ1) is 8.58. The van der Waals surface area contributed by atoms with Gasteiger partial charge in [-0.05, 0) is 19.4 Å². The van der Waals surface area contributed by atoms with E-state index in [1.54, 1.807) is 0 Å². The summed E-state index contributed by atoms with van der Waals surface area (Å²) in [6.45, 7) is 3.41. The van der Waals surface area contributed by atoms with Gasteiger partial charge < -0.3 is 10.1 Å². The first kappa shape index (κ1) is 13.6. The highest BCUT2D eigenvalue weighted by Crippen LogP contribution is 2.20. The molecule has 98 valence electrons. The number of rotatable bonds is 3. The largest absolute Gasteiger partial charge is 0.381 e. The summed E-state index contributed by atoms with van der Waals surface area (Å²) >= 11 is 11.7. The van der Waals surface area contributed by atoms with Crippen molar-refractivity contribution < 1.29 is 9.53 Å². The molecule has 0 radical (unpaired) electrons. The highest BCUT2D eigenvalue weighted by atomic mass is 35.5. The fourth-order valence-corrected chi connectivity index (χ4v) is 2.28. The Labute approximate surface area is 116 Å². The van der Waals surface area contributed by atoms with Crippen LogP contribution in [0.4, 0.5) is 0 Å². The van der Waals surface area contributed by atoms with Gasteiger partial charge in [0.1, 0.15) is 5.15 Å². The number of hydrogen-bond donors (Lipinski definition) is 1. The van der Waals surface area contributed by atoms with E-state index in [4.69, 9.17) is 27.9 Å². The summed E-state index contributed by atoms with van der Waals surface area (Å²) in [6, 6.07) is 1.51. The number of carbonyl (C=O) groups is 1. The third-order valence-corrected chi connectivity index (χ3v) is 3.61. The second-order valence-electron chi connectivity index (χ2n) is 4.37. The Morgan fingerprint density at radius 1 is 1.61 bits per heavy atom. The summed E-state index contributed by atoms with van der Waals surface area (Å²) in [6.07, 6.45) is 2.34. The molecule has 1 aliphatic rings. The molecule has 2 atom stereocenters. The van der Waals surface area contributed by atoms with Crippen LogP contribution < -0.4 is 5.32 Å². The molecule has 1 N–H and O–H groups in total. The van der Waals surface area contributed by atoms with Crippen molar-refractivity contribution in [2.24, 2.45) is 5.92 Å². The van der Waals surface area contributed by atoms with Gasteiger partial charge in [-0.1, -0.05) is 23.2 Å². The highest BCUT2D eigenvalue weighted by molar-refractivity contribution is 6.35. The van der Waals surface area contributed by atoms with Crippen LogP contribution in [-0.2, 0) is 4.74 Å². The maximum absolute atomic E-state index is 12.1. The van der Waals surface area contributed by atoms with Crippen LogP contribution in [0.1, 0.15) is 23.7 Å². The fourth-order valence-electron chi connectivity index (χ4n) is 1.94. The first-order valence-electron chi connectivity index (χ1n) is 5.77. The number of ether oxygens (including phenoxy) is 1. The average molecular weight is 289 g/mol. The van der Waals surface area contributed by atoms with Gasteiger partial charge in [0.15, 0.2) is 0 Å². The Kier molecular flexibility index (Phi) is 4.43. The monoisotopic (exact) mass is 288 g/mol. The zero-order chi connectivity index (χ0) is 13.1. The average Bonchev–Trinajstić information content (AvgIpc) is 2.85. The number of halogens is 2. The number of pyridine rings is 1. The van der Waals surface area contributed by atoms with Gasteiger partial charge in [-0.2, -0.15) is 0 Å².